The number of para-hydroxylation sites is 1. The van der Waals surface area contributed by atoms with Gasteiger partial charge in [0.2, 0.25) is 5.91 Å². The second kappa shape index (κ2) is 7.58. The third-order valence-corrected chi connectivity index (χ3v) is 3.55. The number of hydrogen-bond donors (Lipinski definition) is 1. The molecule has 0 aliphatic rings. The van der Waals surface area contributed by atoms with Gasteiger partial charge in [0.1, 0.15) is 0 Å². The number of aryl methyl sites for hydroxylation is 2. The van der Waals surface area contributed by atoms with Crippen LogP contribution in [-0.4, -0.2) is 18.5 Å². The van der Waals surface area contributed by atoms with Crippen LogP contribution in [0.4, 0.5) is 5.69 Å². The molecule has 1 N–H and O–H groups in total. The molecule has 0 spiro atoms. The molecule has 0 heterocycles. The van der Waals surface area contributed by atoms with E-state index in [1.807, 2.05) is 32.0 Å². The fourth-order valence-corrected chi connectivity index (χ4v) is 2.34. The van der Waals surface area contributed by atoms with Gasteiger partial charge in [0, 0.05) is 0 Å². The van der Waals surface area contributed by atoms with Crippen LogP contribution in [0, 0.1) is 13.8 Å². The van der Waals surface area contributed by atoms with Gasteiger partial charge in [0.25, 0.3) is 0 Å². The first-order valence-electron chi connectivity index (χ1n) is 7.63. The van der Waals surface area contributed by atoms with Crippen molar-refractivity contribution >= 4 is 17.6 Å². The number of hydrogen-bond acceptors (Lipinski definition) is 3. The average Bonchev–Trinajstić information content (AvgIpc) is 2.51. The van der Waals surface area contributed by atoms with E-state index < -0.39 is 5.97 Å². The summed E-state index contributed by atoms with van der Waals surface area (Å²) in [6.45, 7) is 6.02. The van der Waals surface area contributed by atoms with Gasteiger partial charge in [-0.2, -0.15) is 0 Å². The molecule has 0 fully saturated rings. The van der Waals surface area contributed by atoms with E-state index in [-0.39, 0.29) is 12.3 Å². The van der Waals surface area contributed by atoms with Crippen molar-refractivity contribution in [1.82, 2.24) is 0 Å². The van der Waals surface area contributed by atoms with E-state index >= 15 is 0 Å². The highest BCUT2D eigenvalue weighted by Gasteiger charge is 2.14. The SMILES string of the molecule is CCOC(=O)c1ccccc1NC(=O)Cc1cc(C)ccc1C. The van der Waals surface area contributed by atoms with Gasteiger partial charge < -0.3 is 10.1 Å². The molecule has 0 unspecified atom stereocenters. The van der Waals surface area contributed by atoms with Crippen LogP contribution in [0.5, 0.6) is 0 Å². The van der Waals surface area contributed by atoms with E-state index in [1.54, 1.807) is 31.2 Å². The van der Waals surface area contributed by atoms with Crippen LogP contribution in [0.25, 0.3) is 0 Å². The maximum atomic E-state index is 12.3. The number of benzene rings is 2. The van der Waals surface area contributed by atoms with Crippen molar-refractivity contribution in [3.8, 4) is 0 Å². The Morgan fingerprint density at radius 1 is 1.09 bits per heavy atom. The summed E-state index contributed by atoms with van der Waals surface area (Å²) in [5.74, 6) is -0.592. The van der Waals surface area contributed by atoms with Crippen molar-refractivity contribution in [1.29, 1.82) is 0 Å². The first-order valence-corrected chi connectivity index (χ1v) is 7.63. The summed E-state index contributed by atoms with van der Waals surface area (Å²) in [6, 6.07) is 12.9. The predicted octanol–water partition coefficient (Wildman–Crippen LogP) is 3.66. The van der Waals surface area contributed by atoms with Gasteiger partial charge in [0.15, 0.2) is 0 Å². The fourth-order valence-electron chi connectivity index (χ4n) is 2.34. The minimum atomic E-state index is -0.435. The maximum absolute atomic E-state index is 12.3. The van der Waals surface area contributed by atoms with Crippen molar-refractivity contribution in [3.63, 3.8) is 0 Å². The molecule has 0 bridgehead atoms. The second-order valence-electron chi connectivity index (χ2n) is 5.42. The fraction of sp³-hybridized carbons (Fsp3) is 0.263. The van der Waals surface area contributed by atoms with Crippen LogP contribution in [0.1, 0.15) is 34.0 Å². The number of rotatable bonds is 5. The molecular weight excluding hydrogens is 290 g/mol. The number of nitrogens with one attached hydrogen (secondary N) is 1. The van der Waals surface area contributed by atoms with Crippen molar-refractivity contribution in [2.24, 2.45) is 0 Å². The predicted molar refractivity (Wildman–Crippen MR) is 90.6 cm³/mol. The van der Waals surface area contributed by atoms with E-state index in [2.05, 4.69) is 5.32 Å². The highest BCUT2D eigenvalue weighted by Crippen LogP contribution is 2.18. The Kier molecular flexibility index (Phi) is 5.52. The van der Waals surface area contributed by atoms with Gasteiger partial charge in [-0.25, -0.2) is 4.79 Å². The molecule has 0 atom stereocenters. The summed E-state index contributed by atoms with van der Waals surface area (Å²) in [5, 5.41) is 2.81. The normalized spacial score (nSPS) is 10.2. The monoisotopic (exact) mass is 311 g/mol. The first kappa shape index (κ1) is 16.7. The third-order valence-electron chi connectivity index (χ3n) is 3.55. The van der Waals surface area contributed by atoms with Gasteiger partial charge in [-0.05, 0) is 44.0 Å². The molecule has 0 aliphatic carbocycles. The average molecular weight is 311 g/mol. The van der Waals surface area contributed by atoms with Crippen molar-refractivity contribution < 1.29 is 14.3 Å². The summed E-state index contributed by atoms with van der Waals surface area (Å²) >= 11 is 0. The molecule has 4 nitrogen and oxygen atoms in total. The van der Waals surface area contributed by atoms with Crippen molar-refractivity contribution in [2.75, 3.05) is 11.9 Å². The standard InChI is InChI=1S/C19H21NO3/c1-4-23-19(22)16-7-5-6-8-17(16)20-18(21)12-15-11-13(2)9-10-14(15)3/h5-11H,4,12H2,1-3H3,(H,20,21). The van der Waals surface area contributed by atoms with Crippen LogP contribution < -0.4 is 5.32 Å². The molecule has 0 aliphatic heterocycles. The number of anilines is 1. The van der Waals surface area contributed by atoms with E-state index in [4.69, 9.17) is 4.74 Å². The zero-order chi connectivity index (χ0) is 16.8. The topological polar surface area (TPSA) is 55.4 Å². The van der Waals surface area contributed by atoms with Gasteiger partial charge in [-0.1, -0.05) is 35.9 Å². The smallest absolute Gasteiger partial charge is 0.340 e. The number of esters is 1. The molecule has 0 aromatic heterocycles. The third kappa shape index (κ3) is 4.42. The molecule has 2 aromatic rings. The van der Waals surface area contributed by atoms with E-state index in [1.165, 1.54) is 0 Å². The quantitative estimate of drug-likeness (QED) is 0.857. The lowest BCUT2D eigenvalue weighted by Gasteiger charge is -2.11. The summed E-state index contributed by atoms with van der Waals surface area (Å²) < 4.78 is 5.01. The van der Waals surface area contributed by atoms with Crippen LogP contribution >= 0.6 is 0 Å². The van der Waals surface area contributed by atoms with Crippen LogP contribution in [0.2, 0.25) is 0 Å². The Labute approximate surface area is 136 Å². The molecule has 4 heteroatoms. The van der Waals surface area contributed by atoms with Crippen LogP contribution in [0.3, 0.4) is 0 Å². The molecule has 0 radical (unpaired) electrons. The summed E-state index contributed by atoms with van der Waals surface area (Å²) in [4.78, 5) is 24.2. The largest absolute Gasteiger partial charge is 0.462 e. The van der Waals surface area contributed by atoms with E-state index in [0.29, 0.717) is 17.9 Å². The molecule has 1 amide bonds. The Morgan fingerprint density at radius 2 is 1.83 bits per heavy atom. The summed E-state index contributed by atoms with van der Waals surface area (Å²) in [6.07, 6.45) is 0.269. The van der Waals surface area contributed by atoms with Gasteiger partial charge in [-0.3, -0.25) is 4.79 Å². The van der Waals surface area contributed by atoms with E-state index in [0.717, 1.165) is 16.7 Å². The van der Waals surface area contributed by atoms with Gasteiger partial charge in [0.05, 0.1) is 24.3 Å². The van der Waals surface area contributed by atoms with Crippen LogP contribution in [-0.2, 0) is 16.0 Å². The zero-order valence-corrected chi connectivity index (χ0v) is 13.7. The maximum Gasteiger partial charge on any atom is 0.340 e. The molecule has 0 saturated carbocycles. The summed E-state index contributed by atoms with van der Waals surface area (Å²) in [5.41, 5.74) is 4.01. The number of amides is 1. The molecule has 23 heavy (non-hydrogen) atoms. The lowest BCUT2D eigenvalue weighted by Crippen LogP contribution is -2.18. The van der Waals surface area contributed by atoms with Crippen molar-refractivity contribution in [3.05, 3.63) is 64.7 Å². The Morgan fingerprint density at radius 3 is 2.57 bits per heavy atom. The van der Waals surface area contributed by atoms with Gasteiger partial charge >= 0.3 is 5.97 Å². The Balaban J connectivity index is 2.14. The Bertz CT molecular complexity index is 722. The highest BCUT2D eigenvalue weighted by atomic mass is 16.5. The molecular formula is C19H21NO3. The summed E-state index contributed by atoms with van der Waals surface area (Å²) in [7, 11) is 0. The molecule has 2 rings (SSSR count). The lowest BCUT2D eigenvalue weighted by molar-refractivity contribution is -0.115. The van der Waals surface area contributed by atoms with E-state index in [9.17, 15) is 9.59 Å². The highest BCUT2D eigenvalue weighted by molar-refractivity contribution is 6.01. The minimum Gasteiger partial charge on any atom is -0.462 e. The molecule has 120 valence electrons. The number of ether oxygens (including phenoxy) is 1. The first-order chi connectivity index (χ1) is 11.0. The zero-order valence-electron chi connectivity index (χ0n) is 13.7. The minimum absolute atomic E-state index is 0.157. The van der Waals surface area contributed by atoms with Gasteiger partial charge in [-0.15, -0.1) is 0 Å². The molecule has 2 aromatic carbocycles. The number of carbonyl (C=O) groups excluding carboxylic acids is 2. The lowest BCUT2D eigenvalue weighted by atomic mass is 10.0. The van der Waals surface area contributed by atoms with Crippen molar-refractivity contribution in [2.45, 2.75) is 27.2 Å². The molecule has 0 saturated heterocycles. The Hall–Kier alpha value is -2.62. The second-order valence-corrected chi connectivity index (χ2v) is 5.42. The van der Waals surface area contributed by atoms with Crippen LogP contribution in [0.15, 0.2) is 42.5 Å². The number of carbonyl (C=O) groups is 2.